The first-order chi connectivity index (χ1) is 7.60. The van der Waals surface area contributed by atoms with Crippen LogP contribution in [0, 0.1) is 25.2 Å². The predicted molar refractivity (Wildman–Crippen MR) is 60.5 cm³/mol. The van der Waals surface area contributed by atoms with Crippen LogP contribution in [0.2, 0.25) is 0 Å². The Morgan fingerprint density at radius 3 is 2.75 bits per heavy atom. The van der Waals surface area contributed by atoms with Crippen molar-refractivity contribution in [2.75, 3.05) is 6.61 Å². The zero-order chi connectivity index (χ0) is 12.1. The fourth-order valence-electron chi connectivity index (χ4n) is 1.38. The van der Waals surface area contributed by atoms with Gasteiger partial charge in [0.15, 0.2) is 0 Å². The molecule has 0 spiro atoms. The van der Waals surface area contributed by atoms with E-state index in [0.717, 1.165) is 16.8 Å². The number of aryl methyl sites for hydroxylation is 2. The third-order valence-electron chi connectivity index (χ3n) is 2.24. The summed E-state index contributed by atoms with van der Waals surface area (Å²) in [4.78, 5) is 14.4. The summed E-state index contributed by atoms with van der Waals surface area (Å²) >= 11 is 0. The van der Waals surface area contributed by atoms with Gasteiger partial charge in [0.2, 0.25) is 0 Å². The summed E-state index contributed by atoms with van der Waals surface area (Å²) in [6.45, 7) is 5.77. The highest BCUT2D eigenvalue weighted by molar-refractivity contribution is 5.98. The maximum atomic E-state index is 11.4. The summed E-state index contributed by atoms with van der Waals surface area (Å²) in [6, 6.07) is 1.85. The third-order valence-corrected chi connectivity index (χ3v) is 2.24. The second-order valence-corrected chi connectivity index (χ2v) is 3.40. The number of nitrogens with one attached hydrogen (secondary N) is 1. The summed E-state index contributed by atoms with van der Waals surface area (Å²) in [6.07, 6.45) is 3.39. The van der Waals surface area contributed by atoms with Crippen molar-refractivity contribution in [2.24, 2.45) is 0 Å². The van der Waals surface area contributed by atoms with Crippen molar-refractivity contribution in [3.8, 4) is 6.07 Å². The monoisotopic (exact) mass is 218 g/mol. The molecule has 1 N–H and O–H groups in total. The van der Waals surface area contributed by atoms with Crippen molar-refractivity contribution in [3.63, 3.8) is 0 Å². The van der Waals surface area contributed by atoms with Crippen LogP contribution in [0.3, 0.4) is 0 Å². The molecular weight excluding hydrogens is 204 g/mol. The van der Waals surface area contributed by atoms with Gasteiger partial charge in [-0.1, -0.05) is 0 Å². The molecule has 0 unspecified atom stereocenters. The van der Waals surface area contributed by atoms with Crippen molar-refractivity contribution < 1.29 is 9.53 Å². The Labute approximate surface area is 94.5 Å². The third kappa shape index (κ3) is 2.51. The van der Waals surface area contributed by atoms with Gasteiger partial charge >= 0.3 is 5.97 Å². The molecule has 0 fully saturated rings. The topological polar surface area (TPSA) is 65.9 Å². The number of rotatable bonds is 3. The number of aromatic nitrogens is 1. The van der Waals surface area contributed by atoms with Crippen molar-refractivity contribution in [2.45, 2.75) is 20.8 Å². The minimum atomic E-state index is -0.579. The van der Waals surface area contributed by atoms with Crippen molar-refractivity contribution >= 4 is 12.0 Å². The van der Waals surface area contributed by atoms with Gasteiger partial charge < -0.3 is 9.72 Å². The fraction of sp³-hybridized carbons (Fsp3) is 0.333. The number of nitrogens with zero attached hydrogens (tertiary/aromatic N) is 1. The highest BCUT2D eigenvalue weighted by Gasteiger charge is 2.11. The van der Waals surface area contributed by atoms with Gasteiger partial charge in [-0.3, -0.25) is 0 Å². The fourth-order valence-corrected chi connectivity index (χ4v) is 1.38. The average Bonchev–Trinajstić information content (AvgIpc) is 2.56. The number of carbonyl (C=O) groups excluding carboxylic acids is 1. The standard InChI is InChI=1S/C12H14N2O2/c1-4-16-12(15)10(6-13)5-11-8(2)7-14-9(11)3/h5,7,14H,4H2,1-3H3/b10-5+. The SMILES string of the molecule is CCOC(=O)/C(C#N)=C/c1c(C)c[nH]c1C. The molecule has 1 aromatic rings. The molecule has 1 heterocycles. The lowest BCUT2D eigenvalue weighted by Gasteiger charge is -2.00. The first-order valence-electron chi connectivity index (χ1n) is 5.03. The molecule has 0 aromatic carbocycles. The smallest absolute Gasteiger partial charge is 0.348 e. The van der Waals surface area contributed by atoms with Crippen LogP contribution in [-0.4, -0.2) is 17.6 Å². The lowest BCUT2D eigenvalue weighted by molar-refractivity contribution is -0.137. The number of esters is 1. The second-order valence-electron chi connectivity index (χ2n) is 3.40. The maximum absolute atomic E-state index is 11.4. The zero-order valence-electron chi connectivity index (χ0n) is 9.63. The Morgan fingerprint density at radius 1 is 1.62 bits per heavy atom. The summed E-state index contributed by atoms with van der Waals surface area (Å²) in [5.41, 5.74) is 2.81. The molecule has 0 saturated heterocycles. The van der Waals surface area contributed by atoms with Gasteiger partial charge in [0.25, 0.3) is 0 Å². The van der Waals surface area contributed by atoms with Crippen LogP contribution in [0.1, 0.15) is 23.7 Å². The number of nitriles is 1. The molecule has 4 heteroatoms. The Bertz CT molecular complexity index is 444. The molecular formula is C12H14N2O2. The second kappa shape index (κ2) is 5.17. The van der Waals surface area contributed by atoms with E-state index in [2.05, 4.69) is 4.98 Å². The van der Waals surface area contributed by atoms with Gasteiger partial charge in [0.05, 0.1) is 6.61 Å². The quantitative estimate of drug-likeness (QED) is 0.480. The van der Waals surface area contributed by atoms with E-state index in [-0.39, 0.29) is 12.2 Å². The van der Waals surface area contributed by atoms with E-state index in [4.69, 9.17) is 10.00 Å². The summed E-state index contributed by atoms with van der Waals surface area (Å²) < 4.78 is 4.78. The van der Waals surface area contributed by atoms with Gasteiger partial charge in [0.1, 0.15) is 11.6 Å². The Kier molecular flexibility index (Phi) is 3.90. The van der Waals surface area contributed by atoms with Crippen LogP contribution < -0.4 is 0 Å². The predicted octanol–water partition coefficient (Wildman–Crippen LogP) is 2.10. The Morgan fingerprint density at radius 2 is 2.31 bits per heavy atom. The molecule has 1 aromatic heterocycles. The number of aromatic amines is 1. The van der Waals surface area contributed by atoms with E-state index in [1.807, 2.05) is 26.1 Å². The molecule has 0 aliphatic carbocycles. The molecule has 0 radical (unpaired) electrons. The minimum Gasteiger partial charge on any atom is -0.462 e. The molecule has 0 amide bonds. The summed E-state index contributed by atoms with van der Waals surface area (Å²) in [7, 11) is 0. The zero-order valence-corrected chi connectivity index (χ0v) is 9.63. The van der Waals surface area contributed by atoms with Gasteiger partial charge in [-0.15, -0.1) is 0 Å². The maximum Gasteiger partial charge on any atom is 0.348 e. The lowest BCUT2D eigenvalue weighted by atomic mass is 10.1. The van der Waals surface area contributed by atoms with Crippen molar-refractivity contribution in [3.05, 3.63) is 28.6 Å². The Balaban J connectivity index is 3.07. The largest absolute Gasteiger partial charge is 0.462 e. The number of hydrogen-bond acceptors (Lipinski definition) is 3. The van der Waals surface area contributed by atoms with E-state index >= 15 is 0 Å². The van der Waals surface area contributed by atoms with Gasteiger partial charge in [-0.25, -0.2) is 4.79 Å². The van der Waals surface area contributed by atoms with Gasteiger partial charge in [0, 0.05) is 11.9 Å². The minimum absolute atomic E-state index is 0.0210. The van der Waals surface area contributed by atoms with Crippen LogP contribution in [-0.2, 0) is 9.53 Å². The van der Waals surface area contributed by atoms with E-state index in [0.29, 0.717) is 0 Å². The van der Waals surface area contributed by atoms with Crippen molar-refractivity contribution in [1.29, 1.82) is 5.26 Å². The summed E-state index contributed by atoms with van der Waals surface area (Å²) in [5.74, 6) is -0.579. The summed E-state index contributed by atoms with van der Waals surface area (Å²) in [5, 5.41) is 8.87. The van der Waals surface area contributed by atoms with Crippen LogP contribution in [0.5, 0.6) is 0 Å². The molecule has 0 aliphatic rings. The normalized spacial score (nSPS) is 11.0. The molecule has 0 saturated carbocycles. The van der Waals surface area contributed by atoms with Crippen LogP contribution in [0.15, 0.2) is 11.8 Å². The highest BCUT2D eigenvalue weighted by atomic mass is 16.5. The lowest BCUT2D eigenvalue weighted by Crippen LogP contribution is -2.06. The molecule has 4 nitrogen and oxygen atoms in total. The number of H-pyrrole nitrogens is 1. The van der Waals surface area contributed by atoms with Crippen LogP contribution in [0.25, 0.3) is 6.08 Å². The molecule has 84 valence electrons. The first kappa shape index (κ1) is 12.1. The van der Waals surface area contributed by atoms with E-state index in [1.165, 1.54) is 0 Å². The average molecular weight is 218 g/mol. The molecule has 0 aliphatic heterocycles. The van der Waals surface area contributed by atoms with E-state index < -0.39 is 5.97 Å². The van der Waals surface area contributed by atoms with Crippen molar-refractivity contribution in [1.82, 2.24) is 4.98 Å². The number of hydrogen-bond donors (Lipinski definition) is 1. The Hall–Kier alpha value is -2.02. The van der Waals surface area contributed by atoms with Gasteiger partial charge in [-0.05, 0) is 38.0 Å². The molecule has 0 atom stereocenters. The van der Waals surface area contributed by atoms with Gasteiger partial charge in [-0.2, -0.15) is 5.26 Å². The first-order valence-corrected chi connectivity index (χ1v) is 5.03. The number of ether oxygens (including phenoxy) is 1. The number of carbonyl (C=O) groups is 1. The van der Waals surface area contributed by atoms with Crippen LogP contribution >= 0.6 is 0 Å². The molecule has 1 rings (SSSR count). The molecule has 0 bridgehead atoms. The van der Waals surface area contributed by atoms with E-state index in [1.54, 1.807) is 13.0 Å². The van der Waals surface area contributed by atoms with E-state index in [9.17, 15) is 4.79 Å². The highest BCUT2D eigenvalue weighted by Crippen LogP contribution is 2.16. The van der Waals surface area contributed by atoms with Crippen LogP contribution in [0.4, 0.5) is 0 Å². The molecule has 16 heavy (non-hydrogen) atoms.